The first-order valence-electron chi connectivity index (χ1n) is 7.85. The lowest BCUT2D eigenvalue weighted by molar-refractivity contribution is -0.151. The first-order valence-corrected chi connectivity index (χ1v) is 7.85. The van der Waals surface area contributed by atoms with Gasteiger partial charge in [0.05, 0.1) is 11.8 Å². The van der Waals surface area contributed by atoms with E-state index in [0.29, 0.717) is 13.1 Å². The fourth-order valence-corrected chi connectivity index (χ4v) is 3.86. The molecule has 0 aromatic heterocycles. The van der Waals surface area contributed by atoms with Crippen molar-refractivity contribution in [2.24, 2.45) is 23.7 Å². The molecule has 4 heteroatoms. The van der Waals surface area contributed by atoms with Crippen LogP contribution in [0, 0.1) is 23.7 Å². The Kier molecular flexibility index (Phi) is 4.01. The molecule has 1 fully saturated rings. The number of rotatable bonds is 5. The molecule has 0 spiro atoms. The minimum absolute atomic E-state index is 0.0180. The minimum Gasteiger partial charge on any atom is -0.481 e. The Morgan fingerprint density at radius 3 is 2.36 bits per heavy atom. The van der Waals surface area contributed by atoms with Gasteiger partial charge in [-0.3, -0.25) is 9.59 Å². The summed E-state index contributed by atoms with van der Waals surface area (Å²) in [5.74, 6) is -1.72. The highest BCUT2D eigenvalue weighted by Crippen LogP contribution is 2.48. The molecule has 1 saturated carbocycles. The van der Waals surface area contributed by atoms with Crippen molar-refractivity contribution in [1.29, 1.82) is 0 Å². The number of fused-ring (bicyclic) bond motifs is 2. The van der Waals surface area contributed by atoms with Crippen molar-refractivity contribution in [3.8, 4) is 0 Å². The van der Waals surface area contributed by atoms with Gasteiger partial charge in [-0.05, 0) is 30.7 Å². The lowest BCUT2D eigenvalue weighted by atomic mass is 9.82. The van der Waals surface area contributed by atoms with Gasteiger partial charge in [0.2, 0.25) is 5.91 Å². The van der Waals surface area contributed by atoms with Crippen LogP contribution in [-0.2, 0) is 16.1 Å². The van der Waals surface area contributed by atoms with Crippen LogP contribution in [0.1, 0.15) is 18.9 Å². The third-order valence-corrected chi connectivity index (χ3v) is 4.94. The summed E-state index contributed by atoms with van der Waals surface area (Å²) in [5, 5.41) is 9.49. The predicted octanol–water partition coefficient (Wildman–Crippen LogP) is 2.56. The summed E-state index contributed by atoms with van der Waals surface area (Å²) in [6, 6.07) is 9.83. The van der Waals surface area contributed by atoms with E-state index in [9.17, 15) is 14.7 Å². The van der Waals surface area contributed by atoms with Crippen LogP contribution in [0.3, 0.4) is 0 Å². The molecule has 1 aromatic rings. The Morgan fingerprint density at radius 2 is 1.77 bits per heavy atom. The van der Waals surface area contributed by atoms with E-state index in [1.807, 2.05) is 49.4 Å². The second-order valence-electron chi connectivity index (χ2n) is 6.18. The fourth-order valence-electron chi connectivity index (χ4n) is 3.86. The normalized spacial score (nSPS) is 28.8. The van der Waals surface area contributed by atoms with Crippen LogP contribution in [0.15, 0.2) is 42.5 Å². The molecule has 4 nitrogen and oxygen atoms in total. The second-order valence-corrected chi connectivity index (χ2v) is 6.18. The van der Waals surface area contributed by atoms with Crippen LogP contribution in [-0.4, -0.2) is 28.4 Å². The van der Waals surface area contributed by atoms with Crippen molar-refractivity contribution in [3.63, 3.8) is 0 Å². The molecule has 0 aliphatic heterocycles. The van der Waals surface area contributed by atoms with Gasteiger partial charge in [-0.15, -0.1) is 0 Å². The third-order valence-electron chi connectivity index (χ3n) is 4.94. The smallest absolute Gasteiger partial charge is 0.307 e. The number of carbonyl (C=O) groups is 2. The molecule has 2 aliphatic rings. The zero-order valence-electron chi connectivity index (χ0n) is 12.7. The summed E-state index contributed by atoms with van der Waals surface area (Å²) in [6.07, 6.45) is 4.81. The maximum absolute atomic E-state index is 12.9. The predicted molar refractivity (Wildman–Crippen MR) is 82.9 cm³/mol. The molecule has 1 amide bonds. The average Bonchev–Trinajstić information content (AvgIpc) is 3.13. The maximum atomic E-state index is 12.9. The zero-order chi connectivity index (χ0) is 15.7. The van der Waals surface area contributed by atoms with Crippen LogP contribution in [0.4, 0.5) is 0 Å². The molecule has 1 aromatic carbocycles. The summed E-state index contributed by atoms with van der Waals surface area (Å²) in [7, 11) is 0. The monoisotopic (exact) mass is 299 g/mol. The molecule has 116 valence electrons. The van der Waals surface area contributed by atoms with Gasteiger partial charge in [0, 0.05) is 13.1 Å². The van der Waals surface area contributed by atoms with Crippen molar-refractivity contribution in [2.45, 2.75) is 19.9 Å². The summed E-state index contributed by atoms with van der Waals surface area (Å²) in [5.41, 5.74) is 1.07. The quantitative estimate of drug-likeness (QED) is 0.850. The van der Waals surface area contributed by atoms with Crippen molar-refractivity contribution in [3.05, 3.63) is 48.0 Å². The van der Waals surface area contributed by atoms with Crippen molar-refractivity contribution < 1.29 is 14.7 Å². The van der Waals surface area contributed by atoms with Crippen LogP contribution in [0.25, 0.3) is 0 Å². The summed E-state index contributed by atoms with van der Waals surface area (Å²) >= 11 is 0. The van der Waals surface area contributed by atoms with Crippen molar-refractivity contribution >= 4 is 11.9 Å². The lowest BCUT2D eigenvalue weighted by Gasteiger charge is -2.30. The molecule has 3 rings (SSSR count). The molecular formula is C18H21NO3. The standard InChI is InChI=1S/C18H21NO3/c1-2-19(11-12-6-4-3-5-7-12)17(20)15-13-8-9-14(10-13)16(15)18(21)22/h3-9,13-16H,2,10-11H2,1H3,(H,21,22). The number of allylic oxidation sites excluding steroid dienone is 2. The Morgan fingerprint density at radius 1 is 1.14 bits per heavy atom. The minimum atomic E-state index is -0.842. The third kappa shape index (κ3) is 2.54. The number of carbonyl (C=O) groups excluding carboxylic acids is 1. The van der Waals surface area contributed by atoms with E-state index >= 15 is 0 Å². The van der Waals surface area contributed by atoms with E-state index in [1.165, 1.54) is 0 Å². The van der Waals surface area contributed by atoms with E-state index in [-0.39, 0.29) is 17.7 Å². The van der Waals surface area contributed by atoms with Gasteiger partial charge in [-0.25, -0.2) is 0 Å². The zero-order valence-corrected chi connectivity index (χ0v) is 12.7. The second kappa shape index (κ2) is 5.95. The van der Waals surface area contributed by atoms with Crippen molar-refractivity contribution in [2.75, 3.05) is 6.54 Å². The number of benzene rings is 1. The van der Waals surface area contributed by atoms with Gasteiger partial charge in [0.25, 0.3) is 0 Å². The number of hydrogen-bond acceptors (Lipinski definition) is 2. The summed E-state index contributed by atoms with van der Waals surface area (Å²) in [4.78, 5) is 26.3. The molecule has 1 N–H and O–H groups in total. The summed E-state index contributed by atoms with van der Waals surface area (Å²) < 4.78 is 0. The Balaban J connectivity index is 1.79. The van der Waals surface area contributed by atoms with E-state index in [1.54, 1.807) is 4.90 Å². The van der Waals surface area contributed by atoms with Gasteiger partial charge in [-0.2, -0.15) is 0 Å². The number of hydrogen-bond donors (Lipinski definition) is 1. The van der Waals surface area contributed by atoms with E-state index < -0.39 is 17.8 Å². The van der Waals surface area contributed by atoms with E-state index in [2.05, 4.69) is 0 Å². The molecule has 0 heterocycles. The average molecular weight is 299 g/mol. The largest absolute Gasteiger partial charge is 0.481 e. The maximum Gasteiger partial charge on any atom is 0.307 e. The van der Waals surface area contributed by atoms with Gasteiger partial charge in [0.1, 0.15) is 0 Å². The molecule has 2 aliphatic carbocycles. The van der Waals surface area contributed by atoms with Crippen LogP contribution >= 0.6 is 0 Å². The van der Waals surface area contributed by atoms with Gasteiger partial charge in [-0.1, -0.05) is 42.5 Å². The topological polar surface area (TPSA) is 57.6 Å². The Hall–Kier alpha value is -2.10. The molecule has 4 atom stereocenters. The lowest BCUT2D eigenvalue weighted by Crippen LogP contribution is -2.42. The fraction of sp³-hybridized carbons (Fsp3) is 0.444. The van der Waals surface area contributed by atoms with Crippen molar-refractivity contribution in [1.82, 2.24) is 4.90 Å². The van der Waals surface area contributed by atoms with Crippen LogP contribution in [0.2, 0.25) is 0 Å². The Labute approximate surface area is 130 Å². The van der Waals surface area contributed by atoms with Gasteiger partial charge >= 0.3 is 5.97 Å². The highest BCUT2D eigenvalue weighted by atomic mass is 16.4. The highest BCUT2D eigenvalue weighted by molar-refractivity contribution is 5.87. The first-order chi connectivity index (χ1) is 10.6. The van der Waals surface area contributed by atoms with E-state index in [4.69, 9.17) is 0 Å². The molecule has 0 saturated heterocycles. The molecule has 4 unspecified atom stereocenters. The molecular weight excluding hydrogens is 278 g/mol. The number of carboxylic acids is 1. The Bertz CT molecular complexity index is 596. The molecule has 22 heavy (non-hydrogen) atoms. The molecule has 0 radical (unpaired) electrons. The van der Waals surface area contributed by atoms with Gasteiger partial charge in [0.15, 0.2) is 0 Å². The number of amides is 1. The number of carboxylic acid groups (broad SMARTS) is 1. The molecule has 2 bridgehead atoms. The number of aliphatic carboxylic acids is 1. The number of nitrogens with zero attached hydrogens (tertiary/aromatic N) is 1. The van der Waals surface area contributed by atoms with E-state index in [0.717, 1.165) is 12.0 Å². The van der Waals surface area contributed by atoms with Gasteiger partial charge < -0.3 is 10.0 Å². The highest BCUT2D eigenvalue weighted by Gasteiger charge is 2.52. The van der Waals surface area contributed by atoms with Crippen LogP contribution < -0.4 is 0 Å². The summed E-state index contributed by atoms with van der Waals surface area (Å²) in [6.45, 7) is 3.08. The SMILES string of the molecule is CCN(Cc1ccccc1)C(=O)C1C2C=CC(C2)C1C(=O)O. The first kappa shape index (κ1) is 14.8. The van der Waals surface area contributed by atoms with Crippen LogP contribution in [0.5, 0.6) is 0 Å².